The average Bonchev–Trinajstić information content (AvgIpc) is 2.23. The van der Waals surface area contributed by atoms with Crippen molar-refractivity contribution in [3.63, 3.8) is 0 Å². The zero-order chi connectivity index (χ0) is 19.1. The Balaban J connectivity index is 0.00000576. The maximum atomic E-state index is 3.13. The number of nitrogens with zero attached hydrogens (tertiary/aromatic N) is 1. The Bertz CT molecular complexity index is 347. The summed E-state index contributed by atoms with van der Waals surface area (Å²) in [5.74, 6) is 0. The second-order valence-electron chi connectivity index (χ2n) is 12.6. The molecular weight excluding hydrogens is 473 g/mol. The van der Waals surface area contributed by atoms with Crippen LogP contribution in [0, 0.1) is 0 Å². The molecule has 1 rings (SSSR count). The molecule has 1 atom stereocenters. The van der Waals surface area contributed by atoms with E-state index in [2.05, 4.69) is 83.5 Å². The standard InChI is InChI=1S/C19H47NSi4.Sn.2H/c1-21(2,3)18(22(4,5)6)17-15-13-14-16-20(17)19(23(7,8)9)24(10,11)12;;;/h17-19H,13-16H2,1-12H3;;;. The molecule has 1 saturated heterocycles. The summed E-state index contributed by atoms with van der Waals surface area (Å²) in [5, 5.41) is 1.96. The van der Waals surface area contributed by atoms with Crippen LogP contribution in [-0.2, 0) is 0 Å². The van der Waals surface area contributed by atoms with Crippen LogP contribution in [0.2, 0.25) is 83.7 Å². The van der Waals surface area contributed by atoms with E-state index in [1.807, 2.05) is 0 Å². The van der Waals surface area contributed by atoms with Gasteiger partial charge in [-0.25, -0.2) is 0 Å². The summed E-state index contributed by atoms with van der Waals surface area (Å²) in [6.07, 6.45) is 4.38. The van der Waals surface area contributed by atoms with Gasteiger partial charge in [-0.15, -0.1) is 0 Å². The molecule has 0 saturated carbocycles. The van der Waals surface area contributed by atoms with Gasteiger partial charge in [-0.05, 0) is 29.8 Å². The van der Waals surface area contributed by atoms with Crippen LogP contribution in [0.1, 0.15) is 19.3 Å². The summed E-state index contributed by atoms with van der Waals surface area (Å²) in [5.41, 5.74) is 0. The van der Waals surface area contributed by atoms with Gasteiger partial charge in [0.1, 0.15) is 0 Å². The van der Waals surface area contributed by atoms with E-state index in [1.165, 1.54) is 25.8 Å². The van der Waals surface area contributed by atoms with Crippen LogP contribution < -0.4 is 0 Å². The normalized spacial score (nSPS) is 21.6. The Hall–Kier alpha value is 1.63. The molecule has 25 heavy (non-hydrogen) atoms. The minimum absolute atomic E-state index is 0. The summed E-state index contributed by atoms with van der Waals surface area (Å²) in [7, 11) is -4.72. The van der Waals surface area contributed by atoms with Crippen LogP contribution in [0.5, 0.6) is 0 Å². The summed E-state index contributed by atoms with van der Waals surface area (Å²) in [4.78, 5) is 3.13. The van der Waals surface area contributed by atoms with Gasteiger partial charge in [0.15, 0.2) is 0 Å². The topological polar surface area (TPSA) is 3.24 Å². The fourth-order valence-electron chi connectivity index (χ4n) is 6.41. The number of likely N-dealkylation sites (tertiary alicyclic amines) is 1. The summed E-state index contributed by atoms with van der Waals surface area (Å²) < 4.78 is 0. The third kappa shape index (κ3) is 7.18. The van der Waals surface area contributed by atoms with Gasteiger partial charge in [0.2, 0.25) is 0 Å². The minimum atomic E-state index is -1.20. The van der Waals surface area contributed by atoms with Gasteiger partial charge in [0.25, 0.3) is 0 Å². The predicted octanol–water partition coefficient (Wildman–Crippen LogP) is 5.63. The van der Waals surface area contributed by atoms with Crippen molar-refractivity contribution in [1.29, 1.82) is 0 Å². The number of rotatable bonds is 6. The molecule has 0 aromatic carbocycles. The van der Waals surface area contributed by atoms with Crippen LogP contribution in [0.15, 0.2) is 0 Å². The van der Waals surface area contributed by atoms with Crippen molar-refractivity contribution in [2.24, 2.45) is 0 Å². The van der Waals surface area contributed by atoms with Crippen LogP contribution in [0.25, 0.3) is 0 Å². The molecule has 0 spiro atoms. The van der Waals surface area contributed by atoms with E-state index in [0.29, 0.717) is 0 Å². The van der Waals surface area contributed by atoms with Gasteiger partial charge < -0.3 is 4.90 Å². The van der Waals surface area contributed by atoms with Crippen LogP contribution in [-0.4, -0.2) is 79.0 Å². The van der Waals surface area contributed by atoms with Gasteiger partial charge in [0, 0.05) is 22.2 Å². The van der Waals surface area contributed by atoms with Crippen molar-refractivity contribution in [2.45, 2.75) is 114 Å². The Morgan fingerprint density at radius 2 is 1.04 bits per heavy atom. The first-order chi connectivity index (χ1) is 10.5. The summed E-state index contributed by atoms with van der Waals surface area (Å²) >= 11 is 0. The van der Waals surface area contributed by atoms with E-state index >= 15 is 0 Å². The molecule has 1 fully saturated rings. The van der Waals surface area contributed by atoms with Crippen molar-refractivity contribution in [2.75, 3.05) is 6.54 Å². The third-order valence-electron chi connectivity index (χ3n) is 5.82. The third-order valence-corrected chi connectivity index (χ3v) is 24.7. The zero-order valence-electron chi connectivity index (χ0n) is 19.7. The molecule has 6 heteroatoms. The van der Waals surface area contributed by atoms with E-state index in [4.69, 9.17) is 0 Å². The van der Waals surface area contributed by atoms with Gasteiger partial charge in [-0.3, -0.25) is 0 Å². The fraction of sp³-hybridized carbons (Fsp3) is 1.00. The SMILES string of the molecule is C[Si](C)(C)C(C1CCCCN1C([Si](C)(C)C)[Si](C)(C)C)[Si](C)(C)C.[SnH2]. The van der Waals surface area contributed by atoms with E-state index in [0.717, 1.165) is 16.5 Å². The second-order valence-corrected chi connectivity index (χ2v) is 35.1. The summed E-state index contributed by atoms with van der Waals surface area (Å²) in [6.45, 7) is 33.1. The molecule has 1 aliphatic rings. The van der Waals surface area contributed by atoms with Crippen LogP contribution in [0.3, 0.4) is 0 Å². The summed E-state index contributed by atoms with van der Waals surface area (Å²) in [6, 6.07) is 0.889. The van der Waals surface area contributed by atoms with Gasteiger partial charge in [0.05, 0.1) is 16.1 Å². The van der Waals surface area contributed by atoms with E-state index < -0.39 is 32.3 Å². The monoisotopic (exact) mass is 523 g/mol. The molecule has 1 aliphatic heterocycles. The maximum absolute atomic E-state index is 3.13. The Kier molecular flexibility index (Phi) is 9.55. The van der Waals surface area contributed by atoms with Gasteiger partial charge in [-0.1, -0.05) is 85.0 Å². The molecule has 2 radical (unpaired) electrons. The van der Waals surface area contributed by atoms with Crippen LogP contribution >= 0.6 is 0 Å². The predicted molar refractivity (Wildman–Crippen MR) is 134 cm³/mol. The Morgan fingerprint density at radius 3 is 1.36 bits per heavy atom. The zero-order valence-corrected chi connectivity index (χ0v) is 27.8. The molecule has 0 amide bonds. The fourth-order valence-corrected chi connectivity index (χ4v) is 32.8. The van der Waals surface area contributed by atoms with Gasteiger partial charge >= 0.3 is 23.9 Å². The van der Waals surface area contributed by atoms with Crippen molar-refractivity contribution in [3.8, 4) is 0 Å². The first kappa shape index (κ1) is 26.6. The Morgan fingerprint density at radius 1 is 0.640 bits per heavy atom. The first-order valence-electron chi connectivity index (χ1n) is 10.2. The molecule has 0 aromatic rings. The molecule has 0 N–H and O–H groups in total. The number of hydrogen-bond acceptors (Lipinski definition) is 1. The molecular formula is C19H49NSi4Sn. The molecule has 150 valence electrons. The van der Waals surface area contributed by atoms with E-state index in [-0.39, 0.29) is 23.9 Å². The average molecular weight is 523 g/mol. The molecule has 0 aromatic heterocycles. The first-order valence-corrected chi connectivity index (χ1v) is 24.5. The number of hydrogen-bond donors (Lipinski definition) is 0. The van der Waals surface area contributed by atoms with Gasteiger partial charge in [-0.2, -0.15) is 0 Å². The molecule has 1 nitrogen and oxygen atoms in total. The molecule has 1 heterocycles. The van der Waals surface area contributed by atoms with Crippen molar-refractivity contribution >= 4 is 56.2 Å². The van der Waals surface area contributed by atoms with E-state index in [9.17, 15) is 0 Å². The molecule has 1 unspecified atom stereocenters. The molecule has 0 aliphatic carbocycles. The van der Waals surface area contributed by atoms with Crippen LogP contribution in [0.4, 0.5) is 0 Å². The second kappa shape index (κ2) is 8.97. The van der Waals surface area contributed by atoms with Crippen molar-refractivity contribution in [3.05, 3.63) is 0 Å². The van der Waals surface area contributed by atoms with Crippen molar-refractivity contribution < 1.29 is 0 Å². The molecule has 0 bridgehead atoms. The van der Waals surface area contributed by atoms with Crippen molar-refractivity contribution in [1.82, 2.24) is 4.90 Å². The quantitative estimate of drug-likeness (QED) is 0.409. The van der Waals surface area contributed by atoms with E-state index in [1.54, 1.807) is 0 Å². The Labute approximate surface area is 181 Å². The number of piperidine rings is 1.